The number of hydrogen-bond acceptors (Lipinski definition) is 4. The average Bonchev–Trinajstić information content (AvgIpc) is 3.45. The van der Waals surface area contributed by atoms with Gasteiger partial charge in [-0.3, -0.25) is 14.3 Å². The summed E-state index contributed by atoms with van der Waals surface area (Å²) >= 11 is 0. The van der Waals surface area contributed by atoms with Gasteiger partial charge in [-0.15, -0.1) is 0 Å². The molecule has 1 saturated carbocycles. The van der Waals surface area contributed by atoms with Crippen molar-refractivity contribution in [1.82, 2.24) is 15.1 Å². The molecule has 0 radical (unpaired) electrons. The van der Waals surface area contributed by atoms with E-state index in [1.54, 1.807) is 7.11 Å². The summed E-state index contributed by atoms with van der Waals surface area (Å²) in [6.07, 6.45) is 11.9. The molecule has 0 spiro atoms. The molecule has 2 aliphatic carbocycles. The fourth-order valence-corrected chi connectivity index (χ4v) is 5.14. The number of fused-ring (bicyclic) bond motifs is 1. The maximum atomic E-state index is 13.3. The van der Waals surface area contributed by atoms with Crippen molar-refractivity contribution >= 4 is 22.6 Å². The van der Waals surface area contributed by atoms with Crippen LogP contribution in [0.2, 0.25) is 0 Å². The van der Waals surface area contributed by atoms with Crippen molar-refractivity contribution in [3.63, 3.8) is 0 Å². The molecule has 4 rings (SSSR count). The first-order valence-electron chi connectivity index (χ1n) is 12.2. The number of nitrogens with one attached hydrogen (secondary N) is 1. The van der Waals surface area contributed by atoms with E-state index in [9.17, 15) is 9.59 Å². The molecule has 0 aliphatic heterocycles. The Morgan fingerprint density at radius 2 is 2.00 bits per heavy atom. The third kappa shape index (κ3) is 5.27. The van der Waals surface area contributed by atoms with Crippen LogP contribution >= 0.6 is 0 Å². The molecule has 1 amide bonds. The number of allylic oxidation sites excluding steroid dienone is 3. The van der Waals surface area contributed by atoms with Crippen LogP contribution in [0.25, 0.3) is 10.9 Å². The number of Topliss-reactive ketones (excluding diaryl/α,β-unsaturated/α-hetero) is 1. The third-order valence-corrected chi connectivity index (χ3v) is 6.90. The fourth-order valence-electron chi connectivity index (χ4n) is 5.14. The number of methoxy groups -OCH3 is 1. The van der Waals surface area contributed by atoms with Gasteiger partial charge in [-0.2, -0.15) is 5.10 Å². The quantitative estimate of drug-likeness (QED) is 0.542. The van der Waals surface area contributed by atoms with E-state index in [1.165, 1.54) is 12.8 Å². The van der Waals surface area contributed by atoms with Crippen molar-refractivity contribution in [2.75, 3.05) is 20.3 Å². The van der Waals surface area contributed by atoms with Crippen molar-refractivity contribution in [3.05, 3.63) is 52.3 Å². The number of aromatic nitrogens is 2. The fraction of sp³-hybridized carbons (Fsp3) is 0.519. The Bertz CT molecular complexity index is 1100. The van der Waals surface area contributed by atoms with Gasteiger partial charge >= 0.3 is 0 Å². The monoisotopic (exact) mass is 449 g/mol. The summed E-state index contributed by atoms with van der Waals surface area (Å²) in [5, 5.41) is 8.60. The number of nitrogens with zero attached hydrogens (tertiary/aromatic N) is 2. The maximum Gasteiger partial charge on any atom is 0.252 e. The summed E-state index contributed by atoms with van der Waals surface area (Å²) in [6, 6.07) is 4.61. The number of ketones is 1. The molecule has 1 aromatic heterocycles. The zero-order chi connectivity index (χ0) is 23.4. The molecular formula is C27H35N3O3. The Labute approximate surface area is 196 Å². The minimum absolute atomic E-state index is 0.0962. The zero-order valence-electron chi connectivity index (χ0n) is 20.1. The molecule has 1 aromatic carbocycles. The van der Waals surface area contributed by atoms with Gasteiger partial charge in [0, 0.05) is 37.6 Å². The number of aryl methyl sites for hydroxylation is 1. The number of unbranched alkanes of at least 4 members (excludes halogenated alkanes) is 1. The van der Waals surface area contributed by atoms with Crippen molar-refractivity contribution in [2.24, 2.45) is 0 Å². The van der Waals surface area contributed by atoms with Gasteiger partial charge in [0.1, 0.15) is 0 Å². The molecule has 1 fully saturated rings. The summed E-state index contributed by atoms with van der Waals surface area (Å²) in [7, 11) is 1.72. The van der Waals surface area contributed by atoms with Crippen LogP contribution < -0.4 is 5.32 Å². The first-order valence-corrected chi connectivity index (χ1v) is 12.2. The van der Waals surface area contributed by atoms with Crippen molar-refractivity contribution in [1.29, 1.82) is 0 Å². The summed E-state index contributed by atoms with van der Waals surface area (Å²) < 4.78 is 7.31. The second kappa shape index (κ2) is 10.5. The Balaban J connectivity index is 1.61. The lowest BCUT2D eigenvalue weighted by atomic mass is 9.92. The smallest absolute Gasteiger partial charge is 0.252 e. The predicted octanol–water partition coefficient (Wildman–Crippen LogP) is 5.09. The van der Waals surface area contributed by atoms with Crippen LogP contribution in [0.1, 0.15) is 80.8 Å². The Hall–Kier alpha value is -2.73. The van der Waals surface area contributed by atoms with Crippen LogP contribution in [0.5, 0.6) is 0 Å². The van der Waals surface area contributed by atoms with Gasteiger partial charge in [0.2, 0.25) is 0 Å². The Morgan fingerprint density at radius 1 is 1.21 bits per heavy atom. The van der Waals surface area contributed by atoms with Gasteiger partial charge < -0.3 is 10.1 Å². The summed E-state index contributed by atoms with van der Waals surface area (Å²) in [6.45, 7) is 4.90. The number of benzene rings is 1. The van der Waals surface area contributed by atoms with E-state index in [4.69, 9.17) is 9.84 Å². The normalized spacial score (nSPS) is 17.2. The number of ether oxygens (including phenoxy) is 1. The number of hydrogen-bond donors (Lipinski definition) is 1. The van der Waals surface area contributed by atoms with E-state index in [-0.39, 0.29) is 18.2 Å². The lowest BCUT2D eigenvalue weighted by Crippen LogP contribution is -2.29. The lowest BCUT2D eigenvalue weighted by molar-refractivity contribution is -0.115. The van der Waals surface area contributed by atoms with Crippen LogP contribution in [-0.4, -0.2) is 41.7 Å². The molecule has 2 aromatic rings. The average molecular weight is 450 g/mol. The highest BCUT2D eigenvalue weighted by atomic mass is 16.5. The molecule has 0 bridgehead atoms. The largest absolute Gasteiger partial charge is 0.385 e. The molecule has 0 unspecified atom stereocenters. The Kier molecular flexibility index (Phi) is 7.43. The molecule has 1 N–H and O–H groups in total. The number of amides is 1. The molecule has 0 saturated heterocycles. The van der Waals surface area contributed by atoms with Crippen molar-refractivity contribution in [3.8, 4) is 0 Å². The van der Waals surface area contributed by atoms with Crippen LogP contribution in [0, 0.1) is 0 Å². The molecule has 2 aliphatic rings. The highest BCUT2D eigenvalue weighted by molar-refractivity contribution is 6.07. The van der Waals surface area contributed by atoms with E-state index in [0.29, 0.717) is 23.6 Å². The highest BCUT2D eigenvalue weighted by Gasteiger charge is 2.23. The molecule has 6 heteroatoms. The van der Waals surface area contributed by atoms with Crippen LogP contribution in [0.3, 0.4) is 0 Å². The maximum absolute atomic E-state index is 13.3. The number of rotatable bonds is 9. The molecule has 33 heavy (non-hydrogen) atoms. The second-order valence-corrected chi connectivity index (χ2v) is 9.49. The van der Waals surface area contributed by atoms with Gasteiger partial charge in [0.05, 0.1) is 23.3 Å². The molecule has 6 nitrogen and oxygen atoms in total. The first-order chi connectivity index (χ1) is 16.0. The van der Waals surface area contributed by atoms with Crippen molar-refractivity contribution < 1.29 is 14.3 Å². The SMILES string of the molecule is COCCCCc1cc(C(=O)NCC2=C(C)C=C(C)CC2=O)c2cnn(C3CCCC3)c2c1. The van der Waals surface area contributed by atoms with Gasteiger partial charge in [0.15, 0.2) is 5.78 Å². The van der Waals surface area contributed by atoms with Crippen molar-refractivity contribution in [2.45, 2.75) is 71.3 Å². The minimum atomic E-state index is -0.149. The molecular weight excluding hydrogens is 414 g/mol. The summed E-state index contributed by atoms with van der Waals surface area (Å²) in [4.78, 5) is 25.8. The van der Waals surface area contributed by atoms with E-state index in [2.05, 4.69) is 16.1 Å². The Morgan fingerprint density at radius 3 is 2.73 bits per heavy atom. The predicted molar refractivity (Wildman–Crippen MR) is 130 cm³/mol. The third-order valence-electron chi connectivity index (χ3n) is 6.90. The number of carbonyl (C=O) groups is 2. The lowest BCUT2D eigenvalue weighted by Gasteiger charge is -2.17. The van der Waals surface area contributed by atoms with E-state index in [1.807, 2.05) is 32.2 Å². The topological polar surface area (TPSA) is 73.2 Å². The van der Waals surface area contributed by atoms with Gasteiger partial charge in [-0.1, -0.05) is 24.5 Å². The van der Waals surface area contributed by atoms with Gasteiger partial charge in [-0.25, -0.2) is 0 Å². The zero-order valence-corrected chi connectivity index (χ0v) is 20.1. The standard InChI is InChI=1S/C27H35N3O3/c1-18-12-19(2)23(26(31)13-18)16-28-27(32)22-14-20(8-6-7-11-33-3)15-25-24(22)17-29-30(25)21-9-4-5-10-21/h12,14-15,17,21H,4-11,13,16H2,1-3H3,(H,28,32). The highest BCUT2D eigenvalue weighted by Crippen LogP contribution is 2.33. The van der Waals surface area contributed by atoms with E-state index < -0.39 is 0 Å². The molecule has 0 atom stereocenters. The van der Waals surface area contributed by atoms with E-state index in [0.717, 1.165) is 66.3 Å². The second-order valence-electron chi connectivity index (χ2n) is 9.49. The number of carbonyl (C=O) groups excluding carboxylic acids is 2. The van der Waals surface area contributed by atoms with Crippen LogP contribution in [0.4, 0.5) is 0 Å². The van der Waals surface area contributed by atoms with E-state index >= 15 is 0 Å². The van der Waals surface area contributed by atoms with Gasteiger partial charge in [0.25, 0.3) is 5.91 Å². The minimum Gasteiger partial charge on any atom is -0.385 e. The molecule has 1 heterocycles. The summed E-state index contributed by atoms with van der Waals surface area (Å²) in [5.74, 6) is -0.0528. The van der Waals surface area contributed by atoms with Crippen LogP contribution in [-0.2, 0) is 16.0 Å². The van der Waals surface area contributed by atoms with Crippen LogP contribution in [0.15, 0.2) is 41.1 Å². The van der Waals surface area contributed by atoms with Gasteiger partial charge in [-0.05, 0) is 69.2 Å². The molecule has 176 valence electrons. The first kappa shape index (κ1) is 23.4. The summed E-state index contributed by atoms with van der Waals surface area (Å²) in [5.41, 5.74) is 5.53.